The Hall–Kier alpha value is -2.89. The van der Waals surface area contributed by atoms with Crippen LogP contribution in [-0.4, -0.2) is 37.2 Å². The van der Waals surface area contributed by atoms with E-state index in [0.717, 1.165) is 89.9 Å². The van der Waals surface area contributed by atoms with Gasteiger partial charge in [-0.3, -0.25) is 14.4 Å². The van der Waals surface area contributed by atoms with Crippen molar-refractivity contribution in [2.45, 2.75) is 219 Å². The molecule has 0 N–H and O–H groups in total. The molecule has 0 aromatic heterocycles. The summed E-state index contributed by atoms with van der Waals surface area (Å²) in [6, 6.07) is 0. The molecule has 0 aromatic rings. The van der Waals surface area contributed by atoms with E-state index in [-0.39, 0.29) is 31.1 Å². The molecular weight excluding hydrogens is 685 g/mol. The molecule has 0 saturated heterocycles. The minimum absolute atomic E-state index is 0.0865. The van der Waals surface area contributed by atoms with Crippen molar-refractivity contribution >= 4 is 17.9 Å². The van der Waals surface area contributed by atoms with Crippen LogP contribution in [0.5, 0.6) is 0 Å². The number of esters is 3. The second kappa shape index (κ2) is 43.8. The van der Waals surface area contributed by atoms with Crippen LogP contribution in [-0.2, 0) is 28.6 Å². The topological polar surface area (TPSA) is 78.9 Å². The Kier molecular flexibility index (Phi) is 41.5. The van der Waals surface area contributed by atoms with Crippen molar-refractivity contribution in [1.29, 1.82) is 0 Å². The summed E-state index contributed by atoms with van der Waals surface area (Å²) < 4.78 is 16.7. The van der Waals surface area contributed by atoms with Crippen LogP contribution < -0.4 is 0 Å². The molecule has 0 aliphatic heterocycles. The Balaban J connectivity index is 4.40. The fourth-order valence-electron chi connectivity index (χ4n) is 6.05. The van der Waals surface area contributed by atoms with Crippen LogP contribution in [0.4, 0.5) is 0 Å². The van der Waals surface area contributed by atoms with Crippen molar-refractivity contribution < 1.29 is 28.6 Å². The van der Waals surface area contributed by atoms with E-state index < -0.39 is 6.10 Å². The van der Waals surface area contributed by atoms with Gasteiger partial charge in [0.2, 0.25) is 0 Å². The van der Waals surface area contributed by atoms with E-state index in [1.807, 2.05) is 0 Å². The lowest BCUT2D eigenvalue weighted by atomic mass is 10.1. The van der Waals surface area contributed by atoms with E-state index in [2.05, 4.69) is 81.5 Å². The minimum atomic E-state index is -0.783. The van der Waals surface area contributed by atoms with E-state index in [1.54, 1.807) is 0 Å². The number of unbranched alkanes of at least 4 members (excludes halogenated alkanes) is 21. The smallest absolute Gasteiger partial charge is 0.306 e. The van der Waals surface area contributed by atoms with Gasteiger partial charge in [-0.05, 0) is 77.0 Å². The van der Waals surface area contributed by atoms with E-state index in [4.69, 9.17) is 14.2 Å². The van der Waals surface area contributed by atoms with Crippen molar-refractivity contribution in [3.8, 4) is 0 Å². The van der Waals surface area contributed by atoms with Crippen LogP contribution in [0.15, 0.2) is 60.8 Å². The third kappa shape index (κ3) is 42.1. The third-order valence-electron chi connectivity index (χ3n) is 9.54. The zero-order valence-electron chi connectivity index (χ0n) is 35.9. The van der Waals surface area contributed by atoms with Crippen LogP contribution in [0.3, 0.4) is 0 Å². The molecule has 0 rings (SSSR count). The number of ether oxygens (including phenoxy) is 3. The lowest BCUT2D eigenvalue weighted by Crippen LogP contribution is -2.30. The van der Waals surface area contributed by atoms with Crippen molar-refractivity contribution in [2.75, 3.05) is 13.2 Å². The second-order valence-electron chi connectivity index (χ2n) is 15.0. The first-order chi connectivity index (χ1) is 27.0. The summed E-state index contributed by atoms with van der Waals surface area (Å²) in [5, 5.41) is 0. The average Bonchev–Trinajstić information content (AvgIpc) is 3.18. The fraction of sp³-hybridized carbons (Fsp3) is 0.735. The second-order valence-corrected chi connectivity index (χ2v) is 15.0. The van der Waals surface area contributed by atoms with Gasteiger partial charge in [0.25, 0.3) is 0 Å². The molecule has 0 bridgehead atoms. The summed E-state index contributed by atoms with van der Waals surface area (Å²) >= 11 is 0. The standard InChI is InChI=1S/C49H84O6/c1-4-7-10-13-16-19-22-23-24-25-28-30-33-36-39-42-48(51)54-45-46(55-49(52)43-40-37-34-31-27-21-18-15-12-9-6-3)44-53-47(50)41-38-35-32-29-26-20-17-14-11-8-5-2/h7,10,13-19,22,46H,4-6,8-9,11-12,20-21,23-45H2,1-3H3/b10-7-,16-13-,17-14-,18-15-,22-19-. The lowest BCUT2D eigenvalue weighted by molar-refractivity contribution is -0.167. The molecule has 0 saturated carbocycles. The van der Waals surface area contributed by atoms with Gasteiger partial charge in [0.05, 0.1) is 0 Å². The van der Waals surface area contributed by atoms with Crippen molar-refractivity contribution in [3.05, 3.63) is 60.8 Å². The van der Waals surface area contributed by atoms with Gasteiger partial charge in [-0.25, -0.2) is 0 Å². The maximum absolute atomic E-state index is 12.7. The first-order valence-electron chi connectivity index (χ1n) is 22.8. The largest absolute Gasteiger partial charge is 0.462 e. The Morgan fingerprint density at radius 2 is 0.727 bits per heavy atom. The number of hydrogen-bond acceptors (Lipinski definition) is 6. The zero-order valence-corrected chi connectivity index (χ0v) is 35.9. The van der Waals surface area contributed by atoms with Crippen LogP contribution in [0.2, 0.25) is 0 Å². The highest BCUT2D eigenvalue weighted by molar-refractivity contribution is 5.71. The third-order valence-corrected chi connectivity index (χ3v) is 9.54. The molecule has 1 atom stereocenters. The predicted molar refractivity (Wildman–Crippen MR) is 233 cm³/mol. The minimum Gasteiger partial charge on any atom is -0.462 e. The van der Waals surface area contributed by atoms with E-state index in [0.29, 0.717) is 19.3 Å². The summed E-state index contributed by atoms with van der Waals surface area (Å²) in [4.78, 5) is 37.7. The molecule has 0 aliphatic rings. The van der Waals surface area contributed by atoms with Crippen LogP contribution in [0, 0.1) is 0 Å². The summed E-state index contributed by atoms with van der Waals surface area (Å²) in [6.45, 7) is 6.39. The normalized spacial score (nSPS) is 12.6. The van der Waals surface area contributed by atoms with Gasteiger partial charge in [-0.2, -0.15) is 0 Å². The molecule has 0 aromatic carbocycles. The molecule has 0 spiro atoms. The number of rotatable bonds is 40. The average molecular weight is 769 g/mol. The molecular formula is C49H84O6. The Morgan fingerprint density at radius 1 is 0.382 bits per heavy atom. The number of hydrogen-bond donors (Lipinski definition) is 0. The molecule has 55 heavy (non-hydrogen) atoms. The molecule has 6 nitrogen and oxygen atoms in total. The molecule has 1 unspecified atom stereocenters. The number of carbonyl (C=O) groups is 3. The summed E-state index contributed by atoms with van der Waals surface area (Å²) in [5.41, 5.74) is 0. The summed E-state index contributed by atoms with van der Waals surface area (Å²) in [7, 11) is 0. The highest BCUT2D eigenvalue weighted by Crippen LogP contribution is 2.13. The van der Waals surface area contributed by atoms with Gasteiger partial charge < -0.3 is 14.2 Å². The van der Waals surface area contributed by atoms with E-state index >= 15 is 0 Å². The monoisotopic (exact) mass is 769 g/mol. The zero-order chi connectivity index (χ0) is 40.1. The van der Waals surface area contributed by atoms with E-state index in [9.17, 15) is 14.4 Å². The molecule has 6 heteroatoms. The maximum Gasteiger partial charge on any atom is 0.306 e. The SMILES string of the molecule is CC\C=C/C=C\C=C/CCCCCCCCCC(=O)OCC(COC(=O)CCCCCCC/C=C\CCCC)OC(=O)CCCCCCC/C=C\CCCC. The first kappa shape index (κ1) is 52.1. The Labute approximate surface area is 339 Å². The number of allylic oxidation sites excluding steroid dienone is 10. The molecule has 0 amide bonds. The molecule has 0 aliphatic carbocycles. The van der Waals surface area contributed by atoms with Gasteiger partial charge in [0.15, 0.2) is 6.10 Å². The maximum atomic E-state index is 12.7. The van der Waals surface area contributed by atoms with Gasteiger partial charge in [0.1, 0.15) is 13.2 Å². The van der Waals surface area contributed by atoms with Crippen LogP contribution >= 0.6 is 0 Å². The van der Waals surface area contributed by atoms with Crippen molar-refractivity contribution in [2.24, 2.45) is 0 Å². The van der Waals surface area contributed by atoms with Crippen molar-refractivity contribution in [3.63, 3.8) is 0 Å². The first-order valence-corrected chi connectivity index (χ1v) is 22.8. The van der Waals surface area contributed by atoms with Gasteiger partial charge in [-0.15, -0.1) is 0 Å². The van der Waals surface area contributed by atoms with Crippen molar-refractivity contribution in [1.82, 2.24) is 0 Å². The predicted octanol–water partition coefficient (Wildman–Crippen LogP) is 14.5. The van der Waals surface area contributed by atoms with E-state index in [1.165, 1.54) is 83.5 Å². The molecule has 0 radical (unpaired) electrons. The van der Waals surface area contributed by atoms with Gasteiger partial charge in [0, 0.05) is 19.3 Å². The summed E-state index contributed by atoms with van der Waals surface area (Å²) in [5.74, 6) is -0.922. The molecule has 0 heterocycles. The lowest BCUT2D eigenvalue weighted by Gasteiger charge is -2.18. The van der Waals surface area contributed by atoms with Crippen LogP contribution in [0.25, 0.3) is 0 Å². The van der Waals surface area contributed by atoms with Gasteiger partial charge in [-0.1, -0.05) is 178 Å². The Morgan fingerprint density at radius 3 is 1.15 bits per heavy atom. The molecule has 316 valence electrons. The Bertz CT molecular complexity index is 1020. The summed E-state index contributed by atoms with van der Waals surface area (Å²) in [6.07, 6.45) is 52.0. The van der Waals surface area contributed by atoms with Gasteiger partial charge >= 0.3 is 17.9 Å². The highest BCUT2D eigenvalue weighted by atomic mass is 16.6. The number of carbonyl (C=O) groups excluding carboxylic acids is 3. The fourth-order valence-corrected chi connectivity index (χ4v) is 6.05. The quantitative estimate of drug-likeness (QED) is 0.0203. The molecule has 0 fully saturated rings. The van der Waals surface area contributed by atoms with Crippen LogP contribution in [0.1, 0.15) is 213 Å². The highest BCUT2D eigenvalue weighted by Gasteiger charge is 2.19.